The van der Waals surface area contributed by atoms with Crippen LogP contribution in [-0.4, -0.2) is 19.1 Å². The van der Waals surface area contributed by atoms with Crippen LogP contribution in [0.25, 0.3) is 0 Å². The standard InChI is InChI=1S/C24H22ClNO3/c1-15-8-9-17(14-16(15)2)26-22(20-6-4-5-7-21(20)25)23(24(26)27)29-19-12-10-18(28-3)11-13-19/h4-14,22-23H,1-3H3/t22-,23+/m1/s1. The third-order valence-electron chi connectivity index (χ3n) is 5.36. The van der Waals surface area contributed by atoms with E-state index in [2.05, 4.69) is 6.92 Å². The van der Waals surface area contributed by atoms with E-state index in [1.807, 2.05) is 61.5 Å². The van der Waals surface area contributed by atoms with Gasteiger partial charge in [-0.05, 0) is 73.0 Å². The smallest absolute Gasteiger partial charge is 0.271 e. The molecule has 5 heteroatoms. The van der Waals surface area contributed by atoms with Crippen LogP contribution >= 0.6 is 11.6 Å². The summed E-state index contributed by atoms with van der Waals surface area (Å²) in [5.74, 6) is 1.26. The van der Waals surface area contributed by atoms with E-state index < -0.39 is 6.10 Å². The fourth-order valence-corrected chi connectivity index (χ4v) is 3.81. The first kappa shape index (κ1) is 19.3. The minimum atomic E-state index is -0.648. The van der Waals surface area contributed by atoms with Crippen LogP contribution in [0.4, 0.5) is 5.69 Å². The van der Waals surface area contributed by atoms with Crippen LogP contribution in [0.2, 0.25) is 5.02 Å². The molecule has 3 aromatic rings. The number of benzene rings is 3. The number of hydrogen-bond donors (Lipinski definition) is 0. The highest BCUT2D eigenvalue weighted by atomic mass is 35.5. The maximum atomic E-state index is 13.1. The third-order valence-corrected chi connectivity index (χ3v) is 5.70. The molecule has 4 nitrogen and oxygen atoms in total. The lowest BCUT2D eigenvalue weighted by Crippen LogP contribution is -2.61. The predicted molar refractivity (Wildman–Crippen MR) is 115 cm³/mol. The van der Waals surface area contributed by atoms with Crippen LogP contribution in [0, 0.1) is 13.8 Å². The maximum absolute atomic E-state index is 13.1. The summed E-state index contributed by atoms with van der Waals surface area (Å²) in [6.45, 7) is 4.09. The van der Waals surface area contributed by atoms with E-state index in [9.17, 15) is 4.79 Å². The van der Waals surface area contributed by atoms with Crippen molar-refractivity contribution in [2.75, 3.05) is 12.0 Å². The Morgan fingerprint density at radius 1 is 0.897 bits per heavy atom. The van der Waals surface area contributed by atoms with Gasteiger partial charge >= 0.3 is 0 Å². The monoisotopic (exact) mass is 407 g/mol. The van der Waals surface area contributed by atoms with Crippen LogP contribution in [-0.2, 0) is 4.79 Å². The van der Waals surface area contributed by atoms with Gasteiger partial charge in [0, 0.05) is 10.7 Å². The Morgan fingerprint density at radius 2 is 1.59 bits per heavy atom. The quantitative estimate of drug-likeness (QED) is 0.524. The lowest BCUT2D eigenvalue weighted by molar-refractivity contribution is -0.135. The molecule has 1 aliphatic rings. The van der Waals surface area contributed by atoms with Crippen molar-refractivity contribution in [3.05, 3.63) is 88.4 Å². The topological polar surface area (TPSA) is 38.8 Å². The van der Waals surface area contributed by atoms with Gasteiger partial charge in [-0.2, -0.15) is 0 Å². The minimum absolute atomic E-state index is 0.0889. The first-order chi connectivity index (χ1) is 14.0. The highest BCUT2D eigenvalue weighted by molar-refractivity contribution is 6.31. The fourth-order valence-electron chi connectivity index (χ4n) is 3.56. The number of aryl methyl sites for hydroxylation is 2. The van der Waals surface area contributed by atoms with Crippen molar-refractivity contribution >= 4 is 23.2 Å². The Kier molecular flexibility index (Phi) is 5.20. The molecule has 1 aliphatic heterocycles. The Hall–Kier alpha value is -2.98. The number of carbonyl (C=O) groups is 1. The Bertz CT molecular complexity index is 1050. The third kappa shape index (κ3) is 3.56. The maximum Gasteiger partial charge on any atom is 0.271 e. The van der Waals surface area contributed by atoms with Crippen molar-refractivity contribution < 1.29 is 14.3 Å². The van der Waals surface area contributed by atoms with E-state index in [1.165, 1.54) is 5.56 Å². The number of amides is 1. The van der Waals surface area contributed by atoms with Crippen molar-refractivity contribution in [3.8, 4) is 11.5 Å². The molecule has 0 bridgehead atoms. The number of rotatable bonds is 5. The molecule has 0 saturated carbocycles. The molecule has 0 spiro atoms. The molecule has 4 rings (SSSR count). The minimum Gasteiger partial charge on any atom is -0.497 e. The number of ether oxygens (including phenoxy) is 2. The normalized spacial score (nSPS) is 18.3. The molecule has 1 heterocycles. The predicted octanol–water partition coefficient (Wildman–Crippen LogP) is 5.50. The van der Waals surface area contributed by atoms with Crippen molar-refractivity contribution in [1.29, 1.82) is 0 Å². The molecule has 0 N–H and O–H groups in total. The van der Waals surface area contributed by atoms with Crippen LogP contribution < -0.4 is 14.4 Å². The summed E-state index contributed by atoms with van der Waals surface area (Å²) in [5, 5.41) is 0.613. The molecule has 1 saturated heterocycles. The first-order valence-electron chi connectivity index (χ1n) is 9.45. The zero-order valence-corrected chi connectivity index (χ0v) is 17.3. The Labute approximate surface area is 175 Å². The molecule has 3 aromatic carbocycles. The summed E-state index contributed by atoms with van der Waals surface area (Å²) >= 11 is 6.49. The van der Waals surface area contributed by atoms with Crippen molar-refractivity contribution in [3.63, 3.8) is 0 Å². The van der Waals surface area contributed by atoms with E-state index in [1.54, 1.807) is 24.1 Å². The fraction of sp³-hybridized carbons (Fsp3) is 0.208. The van der Waals surface area contributed by atoms with E-state index in [-0.39, 0.29) is 11.9 Å². The van der Waals surface area contributed by atoms with Gasteiger partial charge in [0.1, 0.15) is 17.5 Å². The van der Waals surface area contributed by atoms with Gasteiger partial charge in [0.05, 0.1) is 7.11 Å². The molecular formula is C24H22ClNO3. The molecule has 0 unspecified atom stereocenters. The number of β-lactam (4-membered cyclic amide) rings is 1. The van der Waals surface area contributed by atoms with E-state index in [0.717, 1.165) is 22.6 Å². The largest absolute Gasteiger partial charge is 0.497 e. The van der Waals surface area contributed by atoms with Crippen molar-refractivity contribution in [2.45, 2.75) is 26.0 Å². The molecule has 1 amide bonds. The number of hydrogen-bond acceptors (Lipinski definition) is 3. The van der Waals surface area contributed by atoms with Crippen molar-refractivity contribution in [2.24, 2.45) is 0 Å². The summed E-state index contributed by atoms with van der Waals surface area (Å²) in [6.07, 6.45) is -0.648. The molecule has 148 valence electrons. The van der Waals surface area contributed by atoms with Gasteiger partial charge in [0.25, 0.3) is 5.91 Å². The average molecular weight is 408 g/mol. The highest BCUT2D eigenvalue weighted by Gasteiger charge is 2.51. The molecule has 0 aliphatic carbocycles. The van der Waals surface area contributed by atoms with Gasteiger partial charge in [0.2, 0.25) is 6.10 Å². The first-order valence-corrected chi connectivity index (χ1v) is 9.83. The molecule has 0 aromatic heterocycles. The Morgan fingerprint density at radius 3 is 2.24 bits per heavy atom. The number of carbonyl (C=O) groups excluding carboxylic acids is 1. The summed E-state index contributed by atoms with van der Waals surface area (Å²) in [5.41, 5.74) is 4.03. The molecule has 29 heavy (non-hydrogen) atoms. The number of halogens is 1. The average Bonchev–Trinajstić information content (AvgIpc) is 2.73. The summed E-state index contributed by atoms with van der Waals surface area (Å²) in [6, 6.07) is 20.5. The van der Waals surface area contributed by atoms with Crippen LogP contribution in [0.3, 0.4) is 0 Å². The summed E-state index contributed by atoms with van der Waals surface area (Å²) in [7, 11) is 1.61. The lowest BCUT2D eigenvalue weighted by atomic mass is 9.89. The number of anilines is 1. The molecule has 1 fully saturated rings. The highest BCUT2D eigenvalue weighted by Crippen LogP contribution is 2.43. The molecule has 0 radical (unpaired) electrons. The van der Waals surface area contributed by atoms with Gasteiger partial charge in [0.15, 0.2) is 0 Å². The molecule has 2 atom stereocenters. The van der Waals surface area contributed by atoms with Gasteiger partial charge in [-0.25, -0.2) is 0 Å². The van der Waals surface area contributed by atoms with Gasteiger partial charge in [-0.3, -0.25) is 9.69 Å². The van der Waals surface area contributed by atoms with Gasteiger partial charge < -0.3 is 9.47 Å². The van der Waals surface area contributed by atoms with Gasteiger partial charge in [-0.1, -0.05) is 35.9 Å². The van der Waals surface area contributed by atoms with Crippen LogP contribution in [0.5, 0.6) is 11.5 Å². The number of methoxy groups -OCH3 is 1. The Balaban J connectivity index is 1.70. The summed E-state index contributed by atoms with van der Waals surface area (Å²) < 4.78 is 11.3. The van der Waals surface area contributed by atoms with E-state index in [0.29, 0.717) is 10.8 Å². The lowest BCUT2D eigenvalue weighted by Gasteiger charge is -2.47. The zero-order chi connectivity index (χ0) is 20.5. The SMILES string of the molecule is COc1ccc(O[C@@H]2C(=O)N(c3ccc(C)c(C)c3)[C@@H]2c2ccccc2Cl)cc1. The van der Waals surface area contributed by atoms with E-state index in [4.69, 9.17) is 21.1 Å². The zero-order valence-electron chi connectivity index (χ0n) is 16.6. The van der Waals surface area contributed by atoms with Crippen LogP contribution in [0.15, 0.2) is 66.7 Å². The van der Waals surface area contributed by atoms with Crippen LogP contribution in [0.1, 0.15) is 22.7 Å². The summed E-state index contributed by atoms with van der Waals surface area (Å²) in [4.78, 5) is 14.9. The van der Waals surface area contributed by atoms with Gasteiger partial charge in [-0.15, -0.1) is 0 Å². The van der Waals surface area contributed by atoms with Crippen molar-refractivity contribution in [1.82, 2.24) is 0 Å². The number of nitrogens with zero attached hydrogens (tertiary/aromatic N) is 1. The second-order valence-electron chi connectivity index (χ2n) is 7.16. The van der Waals surface area contributed by atoms with E-state index >= 15 is 0 Å². The molecular weight excluding hydrogens is 386 g/mol. The second-order valence-corrected chi connectivity index (χ2v) is 7.56. The second kappa shape index (κ2) is 7.80.